The quantitative estimate of drug-likeness (QED) is 0.577. The van der Waals surface area contributed by atoms with Gasteiger partial charge in [-0.15, -0.1) is 0 Å². The fraction of sp³-hybridized carbons (Fsp3) is 0.889. The third-order valence-corrected chi connectivity index (χ3v) is 3.04. The smallest absolute Gasteiger partial charge is 0.224 e. The summed E-state index contributed by atoms with van der Waals surface area (Å²) in [6.07, 6.45) is 4.04. The molecule has 2 aliphatic rings. The van der Waals surface area contributed by atoms with E-state index < -0.39 is 0 Å². The molecule has 68 valence electrons. The zero-order valence-electron chi connectivity index (χ0n) is 7.60. The highest BCUT2D eigenvalue weighted by Gasteiger charge is 2.41. The third-order valence-electron chi connectivity index (χ3n) is 3.04. The summed E-state index contributed by atoms with van der Waals surface area (Å²) in [7, 11) is 0. The number of hydrogen-bond donors (Lipinski definition) is 1. The van der Waals surface area contributed by atoms with Crippen molar-refractivity contribution in [3.05, 3.63) is 0 Å². The molecule has 0 spiro atoms. The zero-order valence-corrected chi connectivity index (χ0v) is 7.60. The molecule has 2 saturated heterocycles. The number of rotatable bonds is 0. The van der Waals surface area contributed by atoms with Gasteiger partial charge in [-0.3, -0.25) is 10.1 Å². The van der Waals surface area contributed by atoms with Crippen LogP contribution in [0.15, 0.2) is 0 Å². The van der Waals surface area contributed by atoms with Gasteiger partial charge in [-0.1, -0.05) is 0 Å². The molecular weight excluding hydrogens is 152 g/mol. The van der Waals surface area contributed by atoms with E-state index in [1.807, 2.05) is 4.90 Å². The van der Waals surface area contributed by atoms with E-state index in [4.69, 9.17) is 0 Å². The minimum absolute atomic E-state index is 0.0203. The zero-order chi connectivity index (χ0) is 8.60. The Morgan fingerprint density at radius 3 is 3.17 bits per heavy atom. The topological polar surface area (TPSA) is 32.3 Å². The van der Waals surface area contributed by atoms with Crippen molar-refractivity contribution in [1.82, 2.24) is 10.2 Å². The van der Waals surface area contributed by atoms with Crippen LogP contribution in [0.2, 0.25) is 0 Å². The standard InChI is InChI=1S/C9H16N2O/c1-9-5-4-8(12)11(9)7-3-2-6-10-9/h10H,2-7H2,1H3. The van der Waals surface area contributed by atoms with Crippen LogP contribution in [0.1, 0.15) is 32.6 Å². The molecule has 3 heteroatoms. The van der Waals surface area contributed by atoms with Gasteiger partial charge in [0, 0.05) is 13.0 Å². The van der Waals surface area contributed by atoms with Crippen molar-refractivity contribution in [3.63, 3.8) is 0 Å². The van der Waals surface area contributed by atoms with E-state index in [0.717, 1.165) is 32.4 Å². The molecule has 1 atom stereocenters. The molecule has 0 saturated carbocycles. The van der Waals surface area contributed by atoms with Gasteiger partial charge in [0.25, 0.3) is 0 Å². The molecule has 1 unspecified atom stereocenters. The van der Waals surface area contributed by atoms with Crippen molar-refractivity contribution in [1.29, 1.82) is 0 Å². The number of fused-ring (bicyclic) bond motifs is 1. The Bertz CT molecular complexity index is 205. The summed E-state index contributed by atoms with van der Waals surface area (Å²) in [5, 5.41) is 3.46. The molecule has 2 rings (SSSR count). The van der Waals surface area contributed by atoms with Gasteiger partial charge < -0.3 is 4.90 Å². The summed E-state index contributed by atoms with van der Waals surface area (Å²) in [5.74, 6) is 0.326. The number of nitrogens with zero attached hydrogens (tertiary/aromatic N) is 1. The van der Waals surface area contributed by atoms with E-state index in [1.165, 1.54) is 6.42 Å². The largest absolute Gasteiger partial charge is 0.325 e. The first-order valence-corrected chi connectivity index (χ1v) is 4.78. The third kappa shape index (κ3) is 1.12. The Morgan fingerprint density at radius 2 is 2.33 bits per heavy atom. The van der Waals surface area contributed by atoms with Gasteiger partial charge in [0.2, 0.25) is 5.91 Å². The molecule has 0 aromatic carbocycles. The maximum absolute atomic E-state index is 11.5. The summed E-state index contributed by atoms with van der Waals surface area (Å²) in [6, 6.07) is 0. The number of nitrogens with one attached hydrogen (secondary N) is 1. The second-order valence-electron chi connectivity index (χ2n) is 3.95. The van der Waals surface area contributed by atoms with Crippen LogP contribution in [-0.2, 0) is 4.79 Å². The van der Waals surface area contributed by atoms with Crippen LogP contribution in [0, 0.1) is 0 Å². The highest BCUT2D eigenvalue weighted by molar-refractivity contribution is 5.79. The van der Waals surface area contributed by atoms with Crippen molar-refractivity contribution >= 4 is 5.91 Å². The number of hydrogen-bond acceptors (Lipinski definition) is 2. The van der Waals surface area contributed by atoms with Crippen LogP contribution in [0.5, 0.6) is 0 Å². The Kier molecular flexibility index (Phi) is 1.83. The normalized spacial score (nSPS) is 36.4. The molecule has 2 fully saturated rings. The predicted molar refractivity (Wildman–Crippen MR) is 46.6 cm³/mol. The lowest BCUT2D eigenvalue weighted by atomic mass is 10.1. The van der Waals surface area contributed by atoms with Crippen LogP contribution < -0.4 is 5.32 Å². The molecule has 1 N–H and O–H groups in total. The monoisotopic (exact) mass is 168 g/mol. The van der Waals surface area contributed by atoms with Gasteiger partial charge in [0.1, 0.15) is 0 Å². The molecular formula is C9H16N2O. The first-order chi connectivity index (χ1) is 5.72. The maximum Gasteiger partial charge on any atom is 0.224 e. The minimum Gasteiger partial charge on any atom is -0.325 e. The molecule has 0 bridgehead atoms. The van der Waals surface area contributed by atoms with Crippen LogP contribution in [0.4, 0.5) is 0 Å². The molecule has 0 aromatic heterocycles. The summed E-state index contributed by atoms with van der Waals surface area (Å²) < 4.78 is 0. The van der Waals surface area contributed by atoms with E-state index >= 15 is 0 Å². The van der Waals surface area contributed by atoms with Crippen molar-refractivity contribution < 1.29 is 4.79 Å². The lowest BCUT2D eigenvalue weighted by Crippen LogP contribution is -2.52. The Labute approximate surface area is 73.1 Å². The molecule has 1 amide bonds. The Hall–Kier alpha value is -0.570. The second-order valence-corrected chi connectivity index (χ2v) is 3.95. The van der Waals surface area contributed by atoms with Gasteiger partial charge in [-0.25, -0.2) is 0 Å². The highest BCUT2D eigenvalue weighted by atomic mass is 16.2. The molecule has 0 aliphatic carbocycles. The van der Waals surface area contributed by atoms with Gasteiger partial charge >= 0.3 is 0 Å². The number of carbonyl (C=O) groups excluding carboxylic acids is 1. The Morgan fingerprint density at radius 1 is 1.50 bits per heavy atom. The molecule has 3 nitrogen and oxygen atoms in total. The first kappa shape index (κ1) is 8.05. The second kappa shape index (κ2) is 2.73. The van der Waals surface area contributed by atoms with Crippen molar-refractivity contribution in [3.8, 4) is 0 Å². The maximum atomic E-state index is 11.5. The van der Waals surface area contributed by atoms with Crippen LogP contribution in [-0.4, -0.2) is 29.6 Å². The minimum atomic E-state index is -0.0203. The Balaban J connectivity index is 2.19. The fourth-order valence-electron chi connectivity index (χ4n) is 2.20. The predicted octanol–water partition coefficient (Wildman–Crippen LogP) is 0.708. The van der Waals surface area contributed by atoms with Gasteiger partial charge in [-0.2, -0.15) is 0 Å². The van der Waals surface area contributed by atoms with E-state index in [0.29, 0.717) is 5.91 Å². The van der Waals surface area contributed by atoms with Crippen molar-refractivity contribution in [2.45, 2.75) is 38.3 Å². The van der Waals surface area contributed by atoms with Crippen LogP contribution in [0.3, 0.4) is 0 Å². The number of carbonyl (C=O) groups is 1. The average Bonchev–Trinajstić information content (AvgIpc) is 2.24. The van der Waals surface area contributed by atoms with E-state index in [2.05, 4.69) is 12.2 Å². The molecule has 12 heavy (non-hydrogen) atoms. The lowest BCUT2D eigenvalue weighted by Gasteiger charge is -2.34. The molecule has 2 aliphatic heterocycles. The van der Waals surface area contributed by atoms with E-state index in [9.17, 15) is 4.79 Å². The van der Waals surface area contributed by atoms with E-state index in [1.54, 1.807) is 0 Å². The van der Waals surface area contributed by atoms with Crippen LogP contribution in [0.25, 0.3) is 0 Å². The van der Waals surface area contributed by atoms with E-state index in [-0.39, 0.29) is 5.66 Å². The molecule has 0 aromatic rings. The fourth-order valence-corrected chi connectivity index (χ4v) is 2.20. The van der Waals surface area contributed by atoms with Crippen molar-refractivity contribution in [2.24, 2.45) is 0 Å². The molecule has 2 heterocycles. The summed E-state index contributed by atoms with van der Waals surface area (Å²) in [5.41, 5.74) is -0.0203. The first-order valence-electron chi connectivity index (χ1n) is 4.78. The molecule has 0 radical (unpaired) electrons. The SMILES string of the molecule is CC12CCC(=O)N1CCCCN2. The van der Waals surface area contributed by atoms with Gasteiger partial charge in [0.15, 0.2) is 0 Å². The van der Waals surface area contributed by atoms with Gasteiger partial charge in [0.05, 0.1) is 5.66 Å². The summed E-state index contributed by atoms with van der Waals surface area (Å²) >= 11 is 0. The summed E-state index contributed by atoms with van der Waals surface area (Å²) in [4.78, 5) is 13.5. The van der Waals surface area contributed by atoms with Crippen LogP contribution >= 0.6 is 0 Å². The van der Waals surface area contributed by atoms with Gasteiger partial charge in [-0.05, 0) is 32.7 Å². The van der Waals surface area contributed by atoms with Crippen molar-refractivity contribution in [2.75, 3.05) is 13.1 Å². The summed E-state index contributed by atoms with van der Waals surface area (Å²) in [6.45, 7) is 4.14. The highest BCUT2D eigenvalue weighted by Crippen LogP contribution is 2.29. The lowest BCUT2D eigenvalue weighted by molar-refractivity contribution is -0.131. The number of amides is 1. The average molecular weight is 168 g/mol.